The molecule has 2 fully saturated rings. The molecule has 0 spiro atoms. The number of carbonyl (C=O) groups excluding carboxylic acids is 1. The lowest BCUT2D eigenvalue weighted by Crippen LogP contribution is -2.59. The van der Waals surface area contributed by atoms with Crippen molar-refractivity contribution in [3.8, 4) is 0 Å². The summed E-state index contributed by atoms with van der Waals surface area (Å²) in [6.45, 7) is 1.48. The van der Waals surface area contributed by atoms with Crippen LogP contribution in [0.1, 0.15) is 0 Å². The van der Waals surface area contributed by atoms with Crippen molar-refractivity contribution in [2.75, 3.05) is 20.3 Å². The van der Waals surface area contributed by atoms with Crippen LogP contribution in [-0.4, -0.2) is 43.3 Å². The third-order valence-corrected chi connectivity index (χ3v) is 2.14. The Kier molecular flexibility index (Phi) is 1.56. The zero-order valence-corrected chi connectivity index (χ0v) is 6.42. The van der Waals surface area contributed by atoms with Crippen LogP contribution < -0.4 is 16.1 Å². The molecule has 2 heterocycles. The van der Waals surface area contributed by atoms with Crippen molar-refractivity contribution in [2.24, 2.45) is 0 Å². The number of hydrogen-bond donors (Lipinski definition) is 3. The summed E-state index contributed by atoms with van der Waals surface area (Å²) >= 11 is 0. The van der Waals surface area contributed by atoms with E-state index in [2.05, 4.69) is 16.1 Å². The summed E-state index contributed by atoms with van der Waals surface area (Å²) in [4.78, 5) is 11.2. The van der Waals surface area contributed by atoms with Gasteiger partial charge in [0.15, 0.2) is 0 Å². The average molecular weight is 156 g/mol. The van der Waals surface area contributed by atoms with Gasteiger partial charge in [0.1, 0.15) is 6.04 Å². The number of nitrogens with one attached hydrogen (secondary N) is 3. The van der Waals surface area contributed by atoms with E-state index in [9.17, 15) is 4.79 Å². The highest BCUT2D eigenvalue weighted by molar-refractivity contribution is 5.83. The fraction of sp³-hybridized carbons (Fsp3) is 0.833. The molecule has 0 aliphatic carbocycles. The van der Waals surface area contributed by atoms with E-state index < -0.39 is 0 Å². The normalized spacial score (nSPS) is 38.5. The minimum absolute atomic E-state index is 0.0752. The van der Waals surface area contributed by atoms with Crippen molar-refractivity contribution in [3.63, 3.8) is 0 Å². The molecule has 2 atom stereocenters. The van der Waals surface area contributed by atoms with Crippen molar-refractivity contribution < 1.29 is 4.79 Å². The monoisotopic (exact) mass is 156 g/mol. The van der Waals surface area contributed by atoms with Gasteiger partial charge in [-0.3, -0.25) is 10.1 Å². The highest BCUT2D eigenvalue weighted by atomic mass is 16.2. The van der Waals surface area contributed by atoms with Crippen LogP contribution >= 0.6 is 0 Å². The average Bonchev–Trinajstić information content (AvgIpc) is 2.31. The second-order valence-corrected chi connectivity index (χ2v) is 3.02. The highest BCUT2D eigenvalue weighted by Crippen LogP contribution is 2.06. The molecule has 2 unspecified atom stereocenters. The fourth-order valence-corrected chi connectivity index (χ4v) is 1.58. The minimum atomic E-state index is -0.0752. The minimum Gasteiger partial charge on any atom is -0.342 e. The SMILES string of the molecule is CN1CC2NCNC(=O)C2N1. The summed E-state index contributed by atoms with van der Waals surface area (Å²) in [5, 5.41) is 7.88. The Bertz CT molecular complexity index is 183. The Morgan fingerprint density at radius 2 is 2.45 bits per heavy atom. The highest BCUT2D eigenvalue weighted by Gasteiger charge is 2.37. The van der Waals surface area contributed by atoms with Gasteiger partial charge in [-0.2, -0.15) is 0 Å². The molecule has 2 aliphatic rings. The number of likely N-dealkylation sites (N-methyl/N-ethyl adjacent to an activating group) is 1. The van der Waals surface area contributed by atoms with Crippen LogP contribution in [-0.2, 0) is 4.79 Å². The molecule has 0 saturated carbocycles. The predicted octanol–water partition coefficient (Wildman–Crippen LogP) is -2.15. The number of carbonyl (C=O) groups is 1. The molecule has 3 N–H and O–H groups in total. The predicted molar refractivity (Wildman–Crippen MR) is 39.5 cm³/mol. The zero-order valence-electron chi connectivity index (χ0n) is 6.42. The molecule has 0 bridgehead atoms. The van der Waals surface area contributed by atoms with E-state index in [1.54, 1.807) is 0 Å². The second kappa shape index (κ2) is 2.44. The number of fused-ring (bicyclic) bond motifs is 1. The molecule has 2 aliphatic heterocycles. The largest absolute Gasteiger partial charge is 0.342 e. The van der Waals surface area contributed by atoms with Gasteiger partial charge in [-0.15, -0.1) is 0 Å². The van der Waals surface area contributed by atoms with Crippen molar-refractivity contribution in [2.45, 2.75) is 12.1 Å². The van der Waals surface area contributed by atoms with Crippen LogP contribution in [0.4, 0.5) is 0 Å². The lowest BCUT2D eigenvalue weighted by atomic mass is 10.1. The molecule has 5 heteroatoms. The van der Waals surface area contributed by atoms with Crippen LogP contribution in [0.25, 0.3) is 0 Å². The summed E-state index contributed by atoms with van der Waals surface area (Å²) < 4.78 is 0. The van der Waals surface area contributed by atoms with E-state index in [1.807, 2.05) is 12.1 Å². The lowest BCUT2D eigenvalue weighted by Gasteiger charge is -2.24. The molecule has 11 heavy (non-hydrogen) atoms. The van der Waals surface area contributed by atoms with Gasteiger partial charge >= 0.3 is 0 Å². The van der Waals surface area contributed by atoms with Gasteiger partial charge in [0.05, 0.1) is 6.67 Å². The van der Waals surface area contributed by atoms with E-state index in [0.717, 1.165) is 6.54 Å². The van der Waals surface area contributed by atoms with Crippen molar-refractivity contribution in [3.05, 3.63) is 0 Å². The van der Waals surface area contributed by atoms with Gasteiger partial charge in [-0.25, -0.2) is 10.4 Å². The van der Waals surface area contributed by atoms with Gasteiger partial charge in [-0.05, 0) is 0 Å². The Hall–Kier alpha value is -0.650. The first kappa shape index (κ1) is 7.02. The van der Waals surface area contributed by atoms with Crippen LogP contribution in [0.3, 0.4) is 0 Å². The molecule has 2 saturated heterocycles. The van der Waals surface area contributed by atoms with Gasteiger partial charge in [0.25, 0.3) is 0 Å². The molecule has 1 amide bonds. The maximum Gasteiger partial charge on any atom is 0.241 e. The molecule has 5 nitrogen and oxygen atoms in total. The molecule has 0 radical (unpaired) electrons. The van der Waals surface area contributed by atoms with E-state index in [1.165, 1.54) is 0 Å². The summed E-state index contributed by atoms with van der Waals surface area (Å²) in [6, 6.07) is 0.197. The van der Waals surface area contributed by atoms with Crippen LogP contribution in [0.15, 0.2) is 0 Å². The third kappa shape index (κ3) is 1.11. The van der Waals surface area contributed by atoms with Crippen molar-refractivity contribution >= 4 is 5.91 Å². The lowest BCUT2D eigenvalue weighted by molar-refractivity contribution is -0.125. The van der Waals surface area contributed by atoms with Crippen molar-refractivity contribution in [1.82, 2.24) is 21.1 Å². The zero-order chi connectivity index (χ0) is 7.84. The third-order valence-electron chi connectivity index (χ3n) is 2.14. The van der Waals surface area contributed by atoms with Gasteiger partial charge in [0.2, 0.25) is 5.91 Å². The first-order valence-electron chi connectivity index (χ1n) is 3.76. The summed E-state index contributed by atoms with van der Waals surface area (Å²) in [7, 11) is 1.94. The van der Waals surface area contributed by atoms with E-state index >= 15 is 0 Å². The maximum atomic E-state index is 11.2. The second-order valence-electron chi connectivity index (χ2n) is 3.02. The number of amides is 1. The molecule has 2 rings (SSSR count). The molecular weight excluding hydrogens is 144 g/mol. The van der Waals surface area contributed by atoms with Gasteiger partial charge in [-0.1, -0.05) is 0 Å². The molecule has 0 aromatic carbocycles. The Labute approximate surface area is 65.1 Å². The Balaban J connectivity index is 2.09. The maximum absolute atomic E-state index is 11.2. The quantitative estimate of drug-likeness (QED) is 0.374. The van der Waals surface area contributed by atoms with Crippen LogP contribution in [0, 0.1) is 0 Å². The van der Waals surface area contributed by atoms with Crippen molar-refractivity contribution in [1.29, 1.82) is 0 Å². The number of hydrogen-bond acceptors (Lipinski definition) is 4. The fourth-order valence-electron chi connectivity index (χ4n) is 1.58. The first-order chi connectivity index (χ1) is 5.27. The molecular formula is C6H12N4O. The van der Waals surface area contributed by atoms with Gasteiger partial charge in [0, 0.05) is 19.6 Å². The molecule has 0 aromatic heterocycles. The first-order valence-corrected chi connectivity index (χ1v) is 3.76. The van der Waals surface area contributed by atoms with Gasteiger partial charge < -0.3 is 5.32 Å². The van der Waals surface area contributed by atoms with Crippen LogP contribution in [0.2, 0.25) is 0 Å². The summed E-state index contributed by atoms with van der Waals surface area (Å²) in [5.41, 5.74) is 3.06. The number of nitrogens with zero attached hydrogens (tertiary/aromatic N) is 1. The molecule has 0 aromatic rings. The topological polar surface area (TPSA) is 56.4 Å². The van der Waals surface area contributed by atoms with E-state index in [-0.39, 0.29) is 18.0 Å². The molecule has 62 valence electrons. The summed E-state index contributed by atoms with van der Waals surface area (Å²) in [6.07, 6.45) is 0. The summed E-state index contributed by atoms with van der Waals surface area (Å²) in [5.74, 6) is 0.0955. The smallest absolute Gasteiger partial charge is 0.241 e. The number of hydrazine groups is 1. The Morgan fingerprint density at radius 1 is 1.64 bits per heavy atom. The van der Waals surface area contributed by atoms with E-state index in [4.69, 9.17) is 0 Å². The standard InChI is InChI=1S/C6H12N4O/c1-10-2-4-5(9-10)6(11)8-3-7-4/h4-5,7,9H,2-3H2,1H3,(H,8,11). The Morgan fingerprint density at radius 3 is 3.18 bits per heavy atom. The van der Waals surface area contributed by atoms with Crippen LogP contribution in [0.5, 0.6) is 0 Å². The van der Waals surface area contributed by atoms with E-state index in [0.29, 0.717) is 6.67 Å². The number of rotatable bonds is 0.